The number of nitrogens with one attached hydrogen (secondary N) is 1. The van der Waals surface area contributed by atoms with Crippen molar-refractivity contribution in [1.29, 1.82) is 0 Å². The summed E-state index contributed by atoms with van der Waals surface area (Å²) in [5.41, 5.74) is 5.44. The van der Waals surface area contributed by atoms with E-state index in [0.29, 0.717) is 25.2 Å². The average molecular weight is 435 g/mol. The van der Waals surface area contributed by atoms with E-state index in [4.69, 9.17) is 5.73 Å². The Hall–Kier alpha value is -3.28. The molecule has 0 saturated carbocycles. The minimum atomic E-state index is -4.68. The molecular weight excluding hydrogens is 418 g/mol. The number of anilines is 1. The summed E-state index contributed by atoms with van der Waals surface area (Å²) in [5.74, 6) is -0.706. The molecule has 8 nitrogen and oxygen atoms in total. The molecule has 2 aliphatic heterocycles. The van der Waals surface area contributed by atoms with E-state index in [-0.39, 0.29) is 34.7 Å². The van der Waals surface area contributed by atoms with E-state index in [1.807, 2.05) is 0 Å². The number of pyridine rings is 1. The van der Waals surface area contributed by atoms with Gasteiger partial charge in [-0.25, -0.2) is 13.9 Å². The minimum absolute atomic E-state index is 0.0718. The molecule has 2 unspecified atom stereocenters. The monoisotopic (exact) mass is 435 g/mol. The third-order valence-electron chi connectivity index (χ3n) is 5.75. The molecule has 162 valence electrons. The molecule has 31 heavy (non-hydrogen) atoms. The molecule has 12 heteroatoms. The number of alkyl halides is 4. The van der Waals surface area contributed by atoms with E-state index in [1.54, 1.807) is 0 Å². The topological polar surface area (TPSA) is 101 Å². The SMILES string of the molecule is Nc1ncnn2c(-c3cnc4c(c3)C(=O)N(C3CNCC3F)CC4)cc(C(F)(F)F)c12. The van der Waals surface area contributed by atoms with Crippen LogP contribution in [0.4, 0.5) is 23.4 Å². The lowest BCUT2D eigenvalue weighted by Gasteiger charge is -2.33. The van der Waals surface area contributed by atoms with Crippen LogP contribution in [0.1, 0.15) is 21.6 Å². The normalized spacial score (nSPS) is 21.7. The summed E-state index contributed by atoms with van der Waals surface area (Å²) in [6.45, 7) is 0.863. The van der Waals surface area contributed by atoms with Gasteiger partial charge in [0.05, 0.1) is 28.6 Å². The summed E-state index contributed by atoms with van der Waals surface area (Å²) in [5, 5.41) is 6.84. The first kappa shape index (κ1) is 19.7. The van der Waals surface area contributed by atoms with Crippen molar-refractivity contribution in [3.8, 4) is 11.3 Å². The maximum atomic E-state index is 14.2. The van der Waals surface area contributed by atoms with Gasteiger partial charge < -0.3 is 16.0 Å². The van der Waals surface area contributed by atoms with Crippen LogP contribution in [0.25, 0.3) is 16.8 Å². The fraction of sp³-hybridized carbons (Fsp3) is 0.368. The van der Waals surface area contributed by atoms with Crippen molar-refractivity contribution in [2.45, 2.75) is 24.8 Å². The van der Waals surface area contributed by atoms with Crippen LogP contribution < -0.4 is 11.1 Å². The molecule has 0 bridgehead atoms. The molecule has 5 heterocycles. The first-order valence-corrected chi connectivity index (χ1v) is 9.60. The Labute approximate surface area is 173 Å². The third kappa shape index (κ3) is 3.09. The van der Waals surface area contributed by atoms with Crippen molar-refractivity contribution in [2.75, 3.05) is 25.4 Å². The highest BCUT2D eigenvalue weighted by atomic mass is 19.4. The first-order chi connectivity index (χ1) is 14.8. The predicted octanol–water partition coefficient (Wildman–Crippen LogP) is 1.70. The van der Waals surface area contributed by atoms with Crippen LogP contribution in [-0.2, 0) is 12.6 Å². The standard InChI is InChI=1S/C19H17F4N7O/c20-12-6-25-7-15(12)29-2-1-13-10(18(29)31)3-9(5-26-13)14-4-11(19(21,22)23)16-17(24)27-8-28-30(14)16/h3-5,8,12,15,25H,1-2,6-7H2,(H2,24,27,28). The Kier molecular flexibility index (Phi) is 4.36. The van der Waals surface area contributed by atoms with Crippen molar-refractivity contribution in [3.05, 3.63) is 41.5 Å². The van der Waals surface area contributed by atoms with Crippen molar-refractivity contribution in [2.24, 2.45) is 0 Å². The van der Waals surface area contributed by atoms with Crippen molar-refractivity contribution in [3.63, 3.8) is 0 Å². The fourth-order valence-corrected chi connectivity index (χ4v) is 4.24. The van der Waals surface area contributed by atoms with Gasteiger partial charge in [0.2, 0.25) is 0 Å². The largest absolute Gasteiger partial charge is 0.418 e. The molecule has 3 N–H and O–H groups in total. The van der Waals surface area contributed by atoms with Crippen LogP contribution in [0.2, 0.25) is 0 Å². The summed E-state index contributed by atoms with van der Waals surface area (Å²) in [6, 6.07) is 1.81. The van der Waals surface area contributed by atoms with Crippen LogP contribution in [-0.4, -0.2) is 62.2 Å². The fourth-order valence-electron chi connectivity index (χ4n) is 4.24. The van der Waals surface area contributed by atoms with E-state index in [2.05, 4.69) is 20.4 Å². The van der Waals surface area contributed by atoms with Gasteiger partial charge >= 0.3 is 6.18 Å². The number of rotatable bonds is 2. The Bertz CT molecular complexity index is 1190. The van der Waals surface area contributed by atoms with Crippen LogP contribution >= 0.6 is 0 Å². The Morgan fingerprint density at radius 2 is 2.00 bits per heavy atom. The molecular formula is C19H17F4N7O. The Morgan fingerprint density at radius 1 is 1.19 bits per heavy atom. The lowest BCUT2D eigenvalue weighted by Crippen LogP contribution is -2.49. The predicted molar refractivity (Wildman–Crippen MR) is 102 cm³/mol. The summed E-state index contributed by atoms with van der Waals surface area (Å²) < 4.78 is 56.0. The maximum absolute atomic E-state index is 14.2. The molecule has 1 saturated heterocycles. The zero-order chi connectivity index (χ0) is 21.9. The smallest absolute Gasteiger partial charge is 0.382 e. The second-order valence-corrected chi connectivity index (χ2v) is 7.56. The molecule has 0 spiro atoms. The van der Waals surface area contributed by atoms with E-state index >= 15 is 0 Å². The van der Waals surface area contributed by atoms with Gasteiger partial charge in [-0.05, 0) is 12.1 Å². The quantitative estimate of drug-likeness (QED) is 0.595. The van der Waals surface area contributed by atoms with E-state index in [0.717, 1.165) is 16.9 Å². The Morgan fingerprint density at radius 3 is 2.71 bits per heavy atom. The third-order valence-corrected chi connectivity index (χ3v) is 5.75. The molecule has 1 fully saturated rings. The highest BCUT2D eigenvalue weighted by Gasteiger charge is 2.39. The zero-order valence-corrected chi connectivity index (χ0v) is 16.0. The Balaban J connectivity index is 1.61. The van der Waals surface area contributed by atoms with Crippen molar-refractivity contribution < 1.29 is 22.4 Å². The molecule has 0 aromatic carbocycles. The lowest BCUT2D eigenvalue weighted by molar-refractivity contribution is -0.136. The molecule has 3 aromatic heterocycles. The second-order valence-electron chi connectivity index (χ2n) is 7.56. The first-order valence-electron chi connectivity index (χ1n) is 9.60. The number of nitrogens with zero attached hydrogens (tertiary/aromatic N) is 5. The minimum Gasteiger partial charge on any atom is -0.382 e. The number of hydrogen-bond donors (Lipinski definition) is 2. The number of fused-ring (bicyclic) bond motifs is 2. The number of carbonyl (C=O) groups excluding carboxylic acids is 1. The van der Waals surface area contributed by atoms with Gasteiger partial charge in [0.1, 0.15) is 18.0 Å². The average Bonchev–Trinajstić information content (AvgIpc) is 3.33. The summed E-state index contributed by atoms with van der Waals surface area (Å²) in [6.07, 6.45) is -2.97. The number of hydrogen-bond acceptors (Lipinski definition) is 6. The molecule has 1 amide bonds. The van der Waals surface area contributed by atoms with Gasteiger partial charge in [-0.2, -0.15) is 18.3 Å². The molecule has 0 radical (unpaired) electrons. The number of aromatic nitrogens is 4. The summed E-state index contributed by atoms with van der Waals surface area (Å²) in [4.78, 5) is 22.5. The molecule has 3 aromatic rings. The summed E-state index contributed by atoms with van der Waals surface area (Å²) in [7, 11) is 0. The molecule has 0 aliphatic carbocycles. The van der Waals surface area contributed by atoms with E-state index < -0.39 is 29.9 Å². The van der Waals surface area contributed by atoms with E-state index in [9.17, 15) is 22.4 Å². The zero-order valence-electron chi connectivity index (χ0n) is 16.0. The van der Waals surface area contributed by atoms with Crippen LogP contribution in [0.5, 0.6) is 0 Å². The van der Waals surface area contributed by atoms with Gasteiger partial charge in [-0.1, -0.05) is 0 Å². The number of nitrogen functional groups attached to an aromatic ring is 1. The highest BCUT2D eigenvalue weighted by Crippen LogP contribution is 2.39. The highest BCUT2D eigenvalue weighted by molar-refractivity contribution is 5.97. The molecule has 5 rings (SSSR count). The number of carbonyl (C=O) groups is 1. The maximum Gasteiger partial charge on any atom is 0.418 e. The van der Waals surface area contributed by atoms with Crippen molar-refractivity contribution in [1.82, 2.24) is 29.8 Å². The van der Waals surface area contributed by atoms with Gasteiger partial charge in [0, 0.05) is 37.8 Å². The number of nitrogens with two attached hydrogens (primary N) is 1. The van der Waals surface area contributed by atoms with Crippen LogP contribution in [0, 0.1) is 0 Å². The van der Waals surface area contributed by atoms with Gasteiger partial charge in [0.15, 0.2) is 5.82 Å². The van der Waals surface area contributed by atoms with Gasteiger partial charge in [0.25, 0.3) is 5.91 Å². The summed E-state index contributed by atoms with van der Waals surface area (Å²) >= 11 is 0. The van der Waals surface area contributed by atoms with Crippen molar-refractivity contribution >= 4 is 17.2 Å². The number of halogens is 4. The molecule has 2 atom stereocenters. The second kappa shape index (κ2) is 6.87. The van der Waals surface area contributed by atoms with Crippen LogP contribution in [0.3, 0.4) is 0 Å². The number of amides is 1. The van der Waals surface area contributed by atoms with Crippen LogP contribution in [0.15, 0.2) is 24.7 Å². The molecule has 2 aliphatic rings. The van der Waals surface area contributed by atoms with E-state index in [1.165, 1.54) is 17.2 Å². The van der Waals surface area contributed by atoms with Gasteiger partial charge in [-0.3, -0.25) is 9.78 Å². The lowest BCUT2D eigenvalue weighted by atomic mass is 9.99. The van der Waals surface area contributed by atoms with Gasteiger partial charge in [-0.15, -0.1) is 0 Å².